The number of piperidine rings is 1. The van der Waals surface area contributed by atoms with Crippen molar-refractivity contribution >= 4 is 11.6 Å². The van der Waals surface area contributed by atoms with E-state index in [0.717, 1.165) is 30.6 Å². The van der Waals surface area contributed by atoms with Crippen LogP contribution in [0.5, 0.6) is 0 Å². The van der Waals surface area contributed by atoms with Gasteiger partial charge in [-0.3, -0.25) is 9.69 Å². The first-order valence-electron chi connectivity index (χ1n) is 11.1. The number of hydrogen-bond acceptors (Lipinski definition) is 3. The predicted molar refractivity (Wildman–Crippen MR) is 120 cm³/mol. The van der Waals surface area contributed by atoms with E-state index in [0.29, 0.717) is 0 Å². The number of fused-ring (bicyclic) bond motifs is 1. The van der Waals surface area contributed by atoms with E-state index < -0.39 is 0 Å². The van der Waals surface area contributed by atoms with Crippen LogP contribution in [-0.2, 0) is 11.3 Å². The number of hydrogen-bond donors (Lipinski definition) is 1. The summed E-state index contributed by atoms with van der Waals surface area (Å²) in [6.07, 6.45) is 5.76. The third-order valence-corrected chi connectivity index (χ3v) is 6.53. The first kappa shape index (κ1) is 20.1. The maximum atomic E-state index is 12.3. The third kappa shape index (κ3) is 4.24. The number of amides is 1. The zero-order valence-electron chi connectivity index (χ0n) is 17.7. The molecule has 2 atom stereocenters. The van der Waals surface area contributed by atoms with Crippen molar-refractivity contribution in [3.05, 3.63) is 53.6 Å². The molecule has 2 aromatic rings. The number of carbonyl (C=O) groups excluding carboxylic acids is 1. The molecule has 4 rings (SSSR count). The molecule has 0 spiro atoms. The van der Waals surface area contributed by atoms with Crippen LogP contribution in [-0.4, -0.2) is 29.9 Å². The van der Waals surface area contributed by atoms with Gasteiger partial charge < -0.3 is 10.6 Å². The summed E-state index contributed by atoms with van der Waals surface area (Å²) in [4.78, 5) is 16.8. The van der Waals surface area contributed by atoms with E-state index in [1.807, 2.05) is 4.90 Å². The van der Waals surface area contributed by atoms with Crippen molar-refractivity contribution in [1.29, 1.82) is 0 Å². The van der Waals surface area contributed by atoms with E-state index >= 15 is 0 Å². The van der Waals surface area contributed by atoms with E-state index in [4.69, 9.17) is 5.73 Å². The number of rotatable bonds is 4. The SMILES string of the molecule is CC[C@H]1C[C@@H](N)c2cc(-c3ccc(CN4CCCCC4)cc3)ccc2N1C(C)=O. The van der Waals surface area contributed by atoms with Crippen LogP contribution in [0.1, 0.15) is 63.1 Å². The van der Waals surface area contributed by atoms with Crippen molar-refractivity contribution in [2.75, 3.05) is 18.0 Å². The molecule has 0 radical (unpaired) electrons. The standard InChI is InChI=1S/C25H33N3O/c1-3-22-16-24(26)23-15-21(11-12-25(23)28(22)18(2)29)20-9-7-19(8-10-20)17-27-13-5-4-6-14-27/h7-12,15,22,24H,3-6,13-14,16-17,26H2,1-2H3/t22-,24+/m0/s1. The second kappa shape index (κ2) is 8.68. The fraction of sp³-hybridized carbons (Fsp3) is 0.480. The number of carbonyl (C=O) groups is 1. The number of nitrogens with zero attached hydrogens (tertiary/aromatic N) is 2. The first-order chi connectivity index (χ1) is 14.1. The average Bonchev–Trinajstić information content (AvgIpc) is 2.74. The lowest BCUT2D eigenvalue weighted by atomic mass is 9.88. The summed E-state index contributed by atoms with van der Waals surface area (Å²) >= 11 is 0. The summed E-state index contributed by atoms with van der Waals surface area (Å²) in [6, 6.07) is 15.5. The zero-order chi connectivity index (χ0) is 20.4. The molecule has 29 heavy (non-hydrogen) atoms. The van der Waals surface area contributed by atoms with Crippen LogP contribution in [0.25, 0.3) is 11.1 Å². The summed E-state index contributed by atoms with van der Waals surface area (Å²) in [7, 11) is 0. The molecule has 2 heterocycles. The van der Waals surface area contributed by atoms with E-state index in [1.54, 1.807) is 6.92 Å². The Morgan fingerprint density at radius 2 is 1.72 bits per heavy atom. The van der Waals surface area contributed by atoms with Gasteiger partial charge in [0.05, 0.1) is 0 Å². The Morgan fingerprint density at radius 1 is 1.03 bits per heavy atom. The van der Waals surface area contributed by atoms with Crippen LogP contribution >= 0.6 is 0 Å². The molecule has 4 heteroatoms. The largest absolute Gasteiger partial charge is 0.324 e. The number of nitrogens with two attached hydrogens (primary N) is 1. The molecule has 1 fully saturated rings. The number of likely N-dealkylation sites (tertiary alicyclic amines) is 1. The van der Waals surface area contributed by atoms with Gasteiger partial charge in [0.25, 0.3) is 0 Å². The summed E-state index contributed by atoms with van der Waals surface area (Å²) in [5, 5.41) is 0. The molecule has 2 N–H and O–H groups in total. The van der Waals surface area contributed by atoms with Crippen molar-refractivity contribution in [2.45, 2.75) is 64.6 Å². The molecule has 0 bridgehead atoms. The zero-order valence-corrected chi connectivity index (χ0v) is 17.7. The lowest BCUT2D eigenvalue weighted by Crippen LogP contribution is -2.44. The predicted octanol–water partition coefficient (Wildman–Crippen LogP) is 4.87. The smallest absolute Gasteiger partial charge is 0.224 e. The van der Waals surface area contributed by atoms with Gasteiger partial charge in [-0.1, -0.05) is 43.7 Å². The summed E-state index contributed by atoms with van der Waals surface area (Å²) in [5.74, 6) is 0.0971. The molecule has 1 amide bonds. The van der Waals surface area contributed by atoms with Crippen molar-refractivity contribution in [2.24, 2.45) is 5.73 Å². The van der Waals surface area contributed by atoms with Crippen LogP contribution < -0.4 is 10.6 Å². The van der Waals surface area contributed by atoms with E-state index in [2.05, 4.69) is 54.3 Å². The Kier molecular flexibility index (Phi) is 6.02. The van der Waals surface area contributed by atoms with Gasteiger partial charge in [0.2, 0.25) is 5.91 Å². The normalized spacial score (nSPS) is 22.4. The monoisotopic (exact) mass is 391 g/mol. The van der Waals surface area contributed by atoms with Crippen molar-refractivity contribution in [3.63, 3.8) is 0 Å². The fourth-order valence-electron chi connectivity index (χ4n) is 4.93. The van der Waals surface area contributed by atoms with Crippen molar-refractivity contribution in [3.8, 4) is 11.1 Å². The van der Waals surface area contributed by atoms with Crippen LogP contribution in [0.3, 0.4) is 0 Å². The fourth-order valence-corrected chi connectivity index (χ4v) is 4.93. The van der Waals surface area contributed by atoms with E-state index in [9.17, 15) is 4.79 Å². The van der Waals surface area contributed by atoms with E-state index in [1.165, 1.54) is 49.0 Å². The maximum Gasteiger partial charge on any atom is 0.224 e. The molecule has 0 saturated carbocycles. The highest BCUT2D eigenvalue weighted by molar-refractivity contribution is 5.94. The van der Waals surface area contributed by atoms with Crippen molar-refractivity contribution in [1.82, 2.24) is 4.90 Å². The summed E-state index contributed by atoms with van der Waals surface area (Å²) in [5.41, 5.74) is 12.3. The average molecular weight is 392 g/mol. The summed E-state index contributed by atoms with van der Waals surface area (Å²) in [6.45, 7) is 7.25. The molecular formula is C25H33N3O. The highest BCUT2D eigenvalue weighted by atomic mass is 16.2. The lowest BCUT2D eigenvalue weighted by Gasteiger charge is -2.39. The van der Waals surface area contributed by atoms with Crippen LogP contribution in [0, 0.1) is 0 Å². The molecular weight excluding hydrogens is 358 g/mol. The van der Waals surface area contributed by atoms with Crippen molar-refractivity contribution < 1.29 is 4.79 Å². The Morgan fingerprint density at radius 3 is 2.38 bits per heavy atom. The topological polar surface area (TPSA) is 49.6 Å². The highest BCUT2D eigenvalue weighted by Gasteiger charge is 2.32. The van der Waals surface area contributed by atoms with Gasteiger partial charge >= 0.3 is 0 Å². The Balaban J connectivity index is 1.57. The molecule has 2 aliphatic heterocycles. The quantitative estimate of drug-likeness (QED) is 0.808. The van der Waals surface area contributed by atoms with Gasteiger partial charge in [-0.25, -0.2) is 0 Å². The Hall–Kier alpha value is -2.17. The lowest BCUT2D eigenvalue weighted by molar-refractivity contribution is -0.117. The molecule has 0 aliphatic carbocycles. The first-order valence-corrected chi connectivity index (χ1v) is 11.1. The summed E-state index contributed by atoms with van der Waals surface area (Å²) < 4.78 is 0. The second-order valence-corrected chi connectivity index (χ2v) is 8.60. The molecule has 2 aromatic carbocycles. The van der Waals surface area contributed by atoms with Crippen LogP contribution in [0.4, 0.5) is 5.69 Å². The molecule has 154 valence electrons. The van der Waals surface area contributed by atoms with Gasteiger partial charge in [-0.2, -0.15) is 0 Å². The van der Waals surface area contributed by atoms with Gasteiger partial charge in [-0.15, -0.1) is 0 Å². The minimum Gasteiger partial charge on any atom is -0.324 e. The minimum atomic E-state index is -0.0242. The molecule has 1 saturated heterocycles. The molecule has 4 nitrogen and oxygen atoms in total. The third-order valence-electron chi connectivity index (χ3n) is 6.53. The van der Waals surface area contributed by atoms with Gasteiger partial charge in [0.1, 0.15) is 0 Å². The van der Waals surface area contributed by atoms with Gasteiger partial charge in [0.15, 0.2) is 0 Å². The second-order valence-electron chi connectivity index (χ2n) is 8.60. The van der Waals surface area contributed by atoms with Gasteiger partial charge in [0, 0.05) is 31.2 Å². The Labute approximate surface area is 174 Å². The minimum absolute atomic E-state index is 0.0242. The van der Waals surface area contributed by atoms with Crippen LogP contribution in [0.15, 0.2) is 42.5 Å². The number of anilines is 1. The number of benzene rings is 2. The highest BCUT2D eigenvalue weighted by Crippen LogP contribution is 2.39. The maximum absolute atomic E-state index is 12.3. The van der Waals surface area contributed by atoms with Crippen LogP contribution in [0.2, 0.25) is 0 Å². The molecule has 0 aromatic heterocycles. The Bertz CT molecular complexity index is 855. The van der Waals surface area contributed by atoms with Gasteiger partial charge in [-0.05, 0) is 73.2 Å². The molecule has 2 aliphatic rings. The molecule has 0 unspecified atom stereocenters. The van der Waals surface area contributed by atoms with E-state index in [-0.39, 0.29) is 18.0 Å².